The van der Waals surface area contributed by atoms with Crippen LogP contribution in [0.25, 0.3) is 10.9 Å². The molecular weight excluding hydrogens is 282 g/mol. The first-order valence-corrected chi connectivity index (χ1v) is 7.71. The monoisotopic (exact) mass is 299 g/mol. The number of hydrogen-bond acceptors (Lipinski definition) is 4. The molecule has 4 nitrogen and oxygen atoms in total. The van der Waals surface area contributed by atoms with Crippen molar-refractivity contribution >= 4 is 28.4 Å². The van der Waals surface area contributed by atoms with Crippen molar-refractivity contribution in [1.82, 2.24) is 4.98 Å². The summed E-state index contributed by atoms with van der Waals surface area (Å²) in [5.74, 6) is 0. The average molecular weight is 299 g/mol. The van der Waals surface area contributed by atoms with Gasteiger partial charge in [0, 0.05) is 17.8 Å². The summed E-state index contributed by atoms with van der Waals surface area (Å²) in [4.78, 5) is 5.27. The Kier molecular flexibility index (Phi) is 3.23. The zero-order chi connectivity index (χ0) is 15.2. The molecule has 2 aromatic rings. The molecule has 0 saturated heterocycles. The fourth-order valence-corrected chi connectivity index (χ4v) is 3.74. The maximum Gasteiger partial charge on any atom is 0.112 e. The Bertz CT molecular complexity index is 764. The molecule has 3 rings (SSSR count). The number of benzene rings is 1. The number of nitrogens with one attached hydrogen (secondary N) is 1. The van der Waals surface area contributed by atoms with Crippen LogP contribution in [0.1, 0.15) is 25.0 Å². The molecule has 5 heteroatoms. The van der Waals surface area contributed by atoms with Gasteiger partial charge in [-0.15, -0.1) is 11.8 Å². The molecule has 0 saturated carbocycles. The SMILES string of the molecule is Cc1ccc(N2C=CSC2C(C)(C)O)c2[nH]cc(C#N)c12. The van der Waals surface area contributed by atoms with E-state index in [1.54, 1.807) is 18.0 Å². The van der Waals surface area contributed by atoms with Gasteiger partial charge in [0.05, 0.1) is 22.4 Å². The zero-order valence-electron chi connectivity index (χ0n) is 12.2. The van der Waals surface area contributed by atoms with Crippen LogP contribution in [-0.2, 0) is 0 Å². The number of H-pyrrole nitrogens is 1. The van der Waals surface area contributed by atoms with E-state index in [0.29, 0.717) is 5.56 Å². The highest BCUT2D eigenvalue weighted by Gasteiger charge is 2.35. The van der Waals surface area contributed by atoms with Crippen LogP contribution in [0.15, 0.2) is 29.9 Å². The number of aryl methyl sites for hydroxylation is 1. The molecule has 1 atom stereocenters. The van der Waals surface area contributed by atoms with Gasteiger partial charge >= 0.3 is 0 Å². The Hall–Kier alpha value is -1.90. The van der Waals surface area contributed by atoms with Gasteiger partial charge in [-0.25, -0.2) is 0 Å². The second kappa shape index (κ2) is 4.83. The minimum Gasteiger partial charge on any atom is -0.387 e. The Morgan fingerprint density at radius 1 is 1.43 bits per heavy atom. The summed E-state index contributed by atoms with van der Waals surface area (Å²) in [5.41, 5.74) is 2.80. The van der Waals surface area contributed by atoms with Crippen LogP contribution in [-0.4, -0.2) is 21.1 Å². The molecule has 1 aliphatic rings. The van der Waals surface area contributed by atoms with Gasteiger partial charge in [-0.05, 0) is 37.8 Å². The van der Waals surface area contributed by atoms with Crippen molar-refractivity contribution in [2.45, 2.75) is 31.7 Å². The lowest BCUT2D eigenvalue weighted by molar-refractivity contribution is 0.0798. The molecule has 1 aromatic heterocycles. The first-order chi connectivity index (χ1) is 9.93. The van der Waals surface area contributed by atoms with E-state index in [-0.39, 0.29) is 5.37 Å². The normalized spacial score (nSPS) is 18.4. The highest BCUT2D eigenvalue weighted by atomic mass is 32.2. The molecule has 1 aliphatic heterocycles. The van der Waals surface area contributed by atoms with Crippen molar-refractivity contribution in [2.24, 2.45) is 0 Å². The number of nitrogens with zero attached hydrogens (tertiary/aromatic N) is 2. The summed E-state index contributed by atoms with van der Waals surface area (Å²) >= 11 is 1.59. The fourth-order valence-electron chi connectivity index (χ4n) is 2.74. The number of anilines is 1. The minimum atomic E-state index is -0.837. The zero-order valence-corrected chi connectivity index (χ0v) is 13.0. The van der Waals surface area contributed by atoms with Crippen LogP contribution < -0.4 is 4.90 Å². The minimum absolute atomic E-state index is 0.0859. The van der Waals surface area contributed by atoms with Gasteiger partial charge in [0.2, 0.25) is 0 Å². The first-order valence-electron chi connectivity index (χ1n) is 6.77. The quantitative estimate of drug-likeness (QED) is 0.891. The Morgan fingerprint density at radius 2 is 2.19 bits per heavy atom. The van der Waals surface area contributed by atoms with Crippen molar-refractivity contribution in [3.63, 3.8) is 0 Å². The van der Waals surface area contributed by atoms with Crippen molar-refractivity contribution in [2.75, 3.05) is 4.90 Å². The van der Waals surface area contributed by atoms with Crippen molar-refractivity contribution in [1.29, 1.82) is 5.26 Å². The topological polar surface area (TPSA) is 63.0 Å². The lowest BCUT2D eigenvalue weighted by atomic mass is 10.0. The van der Waals surface area contributed by atoms with Gasteiger partial charge in [-0.1, -0.05) is 6.07 Å². The van der Waals surface area contributed by atoms with Gasteiger partial charge in [0.1, 0.15) is 11.4 Å². The number of hydrogen-bond donors (Lipinski definition) is 2. The van der Waals surface area contributed by atoms with E-state index in [0.717, 1.165) is 22.2 Å². The summed E-state index contributed by atoms with van der Waals surface area (Å²) in [6, 6.07) is 6.28. The van der Waals surface area contributed by atoms with E-state index in [1.807, 2.05) is 44.5 Å². The Balaban J connectivity index is 2.18. The van der Waals surface area contributed by atoms with Crippen LogP contribution in [0.4, 0.5) is 5.69 Å². The molecule has 0 amide bonds. The number of thioether (sulfide) groups is 1. The second-order valence-electron chi connectivity index (χ2n) is 5.80. The number of fused-ring (bicyclic) bond motifs is 1. The lowest BCUT2D eigenvalue weighted by Crippen LogP contribution is -2.43. The maximum absolute atomic E-state index is 10.4. The van der Waals surface area contributed by atoms with Gasteiger partial charge in [-0.2, -0.15) is 5.26 Å². The molecule has 2 N–H and O–H groups in total. The van der Waals surface area contributed by atoms with Crippen molar-refractivity contribution < 1.29 is 5.11 Å². The molecule has 0 spiro atoms. The molecule has 21 heavy (non-hydrogen) atoms. The molecule has 2 heterocycles. The van der Waals surface area contributed by atoms with E-state index in [9.17, 15) is 10.4 Å². The third-order valence-electron chi connectivity index (χ3n) is 3.71. The fraction of sp³-hybridized carbons (Fsp3) is 0.312. The first kappa shape index (κ1) is 14.1. The number of aromatic nitrogens is 1. The Labute approximate surface area is 128 Å². The third-order valence-corrected chi connectivity index (χ3v) is 5.05. The number of nitriles is 1. The van der Waals surface area contributed by atoms with Gasteiger partial charge in [0.25, 0.3) is 0 Å². The second-order valence-corrected chi connectivity index (χ2v) is 6.79. The molecule has 0 fully saturated rings. The van der Waals surface area contributed by atoms with E-state index in [2.05, 4.69) is 16.0 Å². The third kappa shape index (κ3) is 2.21. The van der Waals surface area contributed by atoms with E-state index < -0.39 is 5.60 Å². The molecule has 108 valence electrons. The van der Waals surface area contributed by atoms with Crippen LogP contribution in [0, 0.1) is 18.3 Å². The van der Waals surface area contributed by atoms with Gasteiger partial charge < -0.3 is 15.0 Å². The van der Waals surface area contributed by atoms with Gasteiger partial charge in [-0.3, -0.25) is 0 Å². The molecular formula is C16H17N3OS. The highest BCUT2D eigenvalue weighted by molar-refractivity contribution is 8.03. The largest absolute Gasteiger partial charge is 0.387 e. The van der Waals surface area contributed by atoms with E-state index >= 15 is 0 Å². The molecule has 1 aromatic carbocycles. The summed E-state index contributed by atoms with van der Waals surface area (Å²) < 4.78 is 0. The van der Waals surface area contributed by atoms with E-state index in [4.69, 9.17) is 0 Å². The molecule has 0 aliphatic carbocycles. The smallest absolute Gasteiger partial charge is 0.112 e. The predicted molar refractivity (Wildman–Crippen MR) is 87.0 cm³/mol. The van der Waals surface area contributed by atoms with Crippen LogP contribution >= 0.6 is 11.8 Å². The molecule has 0 bridgehead atoms. The predicted octanol–water partition coefficient (Wildman–Crippen LogP) is 3.47. The van der Waals surface area contributed by atoms with Gasteiger partial charge in [0.15, 0.2) is 0 Å². The number of aromatic amines is 1. The lowest BCUT2D eigenvalue weighted by Gasteiger charge is -2.34. The summed E-state index contributed by atoms with van der Waals surface area (Å²) in [5, 5.41) is 22.5. The van der Waals surface area contributed by atoms with Crippen LogP contribution in [0.5, 0.6) is 0 Å². The summed E-state index contributed by atoms with van der Waals surface area (Å²) in [6.07, 6.45) is 3.72. The molecule has 0 radical (unpaired) electrons. The maximum atomic E-state index is 10.4. The number of aliphatic hydroxyl groups is 1. The summed E-state index contributed by atoms with van der Waals surface area (Å²) in [6.45, 7) is 5.62. The average Bonchev–Trinajstić information content (AvgIpc) is 3.05. The highest BCUT2D eigenvalue weighted by Crippen LogP contribution is 2.40. The van der Waals surface area contributed by atoms with E-state index in [1.165, 1.54) is 0 Å². The molecule has 1 unspecified atom stereocenters. The van der Waals surface area contributed by atoms with Crippen LogP contribution in [0.2, 0.25) is 0 Å². The van der Waals surface area contributed by atoms with Crippen molar-refractivity contribution in [3.05, 3.63) is 41.1 Å². The van der Waals surface area contributed by atoms with Crippen LogP contribution in [0.3, 0.4) is 0 Å². The standard InChI is InChI=1S/C16H17N3OS/c1-10-4-5-12(14-13(10)11(8-17)9-18-14)19-6-7-21-15(19)16(2,3)20/h4-7,9,15,18,20H,1-3H3. The number of rotatable bonds is 2. The van der Waals surface area contributed by atoms with Crippen molar-refractivity contribution in [3.8, 4) is 6.07 Å². The summed E-state index contributed by atoms with van der Waals surface area (Å²) in [7, 11) is 0. The Morgan fingerprint density at radius 3 is 2.86 bits per heavy atom.